The minimum Gasteiger partial charge on any atom is -0.384 e. The first-order valence-electron chi connectivity index (χ1n) is 5.61. The Morgan fingerprint density at radius 3 is 2.47 bits per heavy atom. The largest absolute Gasteiger partial charge is 0.384 e. The fourth-order valence-corrected chi connectivity index (χ4v) is 2.46. The molecule has 0 spiro atoms. The summed E-state index contributed by atoms with van der Waals surface area (Å²) in [7, 11) is 0. The number of anilines is 2. The van der Waals surface area contributed by atoms with E-state index in [0.717, 1.165) is 24.9 Å². The van der Waals surface area contributed by atoms with Gasteiger partial charge >= 0.3 is 0 Å². The monoisotopic (exact) mass is 205 g/mol. The van der Waals surface area contributed by atoms with Crippen LogP contribution in [0.15, 0.2) is 18.3 Å². The van der Waals surface area contributed by atoms with Crippen LogP contribution < -0.4 is 10.6 Å². The first-order valence-corrected chi connectivity index (χ1v) is 5.61. The topological polar surface area (TPSA) is 42.1 Å². The quantitative estimate of drug-likeness (QED) is 0.763. The first kappa shape index (κ1) is 10.3. The highest BCUT2D eigenvalue weighted by molar-refractivity contribution is 5.48. The Labute approximate surface area is 91.3 Å². The molecule has 2 atom stereocenters. The number of piperidine rings is 1. The van der Waals surface area contributed by atoms with Crippen molar-refractivity contribution >= 4 is 11.5 Å². The summed E-state index contributed by atoms with van der Waals surface area (Å²) in [6.07, 6.45) is 3.21. The lowest BCUT2D eigenvalue weighted by molar-refractivity contribution is 0.357. The van der Waals surface area contributed by atoms with Crippen molar-refractivity contribution in [2.24, 2.45) is 11.8 Å². The molecule has 0 aromatic carbocycles. The minimum absolute atomic E-state index is 0.594. The Morgan fingerprint density at radius 2 is 1.93 bits per heavy atom. The van der Waals surface area contributed by atoms with Gasteiger partial charge in [0.15, 0.2) is 0 Å². The molecule has 2 heterocycles. The summed E-state index contributed by atoms with van der Waals surface area (Å²) >= 11 is 0. The van der Waals surface area contributed by atoms with Gasteiger partial charge in [0, 0.05) is 13.1 Å². The summed E-state index contributed by atoms with van der Waals surface area (Å²) in [4.78, 5) is 6.55. The maximum absolute atomic E-state index is 5.58. The third kappa shape index (κ3) is 2.41. The van der Waals surface area contributed by atoms with Crippen molar-refractivity contribution in [3.63, 3.8) is 0 Å². The number of rotatable bonds is 1. The third-order valence-electron chi connectivity index (χ3n) is 3.00. The average molecular weight is 205 g/mol. The smallest absolute Gasteiger partial charge is 0.123 e. The number of nitrogens with two attached hydrogens (primary N) is 1. The number of aromatic nitrogens is 1. The van der Waals surface area contributed by atoms with Gasteiger partial charge in [0.2, 0.25) is 0 Å². The molecule has 0 radical (unpaired) electrons. The van der Waals surface area contributed by atoms with Crippen LogP contribution in [0.3, 0.4) is 0 Å². The van der Waals surface area contributed by atoms with E-state index in [9.17, 15) is 0 Å². The van der Waals surface area contributed by atoms with Crippen molar-refractivity contribution in [2.75, 3.05) is 23.7 Å². The van der Waals surface area contributed by atoms with E-state index in [2.05, 4.69) is 29.8 Å². The zero-order valence-corrected chi connectivity index (χ0v) is 9.48. The third-order valence-corrected chi connectivity index (χ3v) is 3.00. The van der Waals surface area contributed by atoms with Crippen LogP contribution in [-0.4, -0.2) is 18.1 Å². The second-order valence-electron chi connectivity index (χ2n) is 4.79. The van der Waals surface area contributed by atoms with Crippen LogP contribution in [0.2, 0.25) is 0 Å². The molecule has 2 N–H and O–H groups in total. The number of nitrogens with zero attached hydrogens (tertiary/aromatic N) is 2. The van der Waals surface area contributed by atoms with Crippen LogP contribution >= 0.6 is 0 Å². The van der Waals surface area contributed by atoms with Crippen LogP contribution in [0.25, 0.3) is 0 Å². The summed E-state index contributed by atoms with van der Waals surface area (Å²) in [6.45, 7) is 6.90. The first-order chi connectivity index (χ1) is 7.15. The van der Waals surface area contributed by atoms with E-state index in [1.165, 1.54) is 12.1 Å². The molecule has 1 aromatic heterocycles. The van der Waals surface area contributed by atoms with Crippen molar-refractivity contribution < 1.29 is 0 Å². The van der Waals surface area contributed by atoms with Gasteiger partial charge in [-0.25, -0.2) is 4.98 Å². The Balaban J connectivity index is 2.12. The normalized spacial score (nSPS) is 26.7. The van der Waals surface area contributed by atoms with Crippen molar-refractivity contribution in [3.8, 4) is 0 Å². The van der Waals surface area contributed by atoms with Crippen molar-refractivity contribution in [3.05, 3.63) is 18.3 Å². The van der Waals surface area contributed by atoms with E-state index >= 15 is 0 Å². The van der Waals surface area contributed by atoms with Gasteiger partial charge in [-0.3, -0.25) is 0 Å². The maximum atomic E-state index is 5.58. The van der Waals surface area contributed by atoms with Crippen molar-refractivity contribution in [1.29, 1.82) is 0 Å². The molecule has 1 aliphatic rings. The fraction of sp³-hybridized carbons (Fsp3) is 0.583. The molecule has 0 bridgehead atoms. The van der Waals surface area contributed by atoms with Crippen LogP contribution in [0.1, 0.15) is 20.3 Å². The summed E-state index contributed by atoms with van der Waals surface area (Å²) in [6, 6.07) is 3.94. The average Bonchev–Trinajstić information content (AvgIpc) is 2.17. The Morgan fingerprint density at radius 1 is 1.27 bits per heavy atom. The van der Waals surface area contributed by atoms with Gasteiger partial charge in [0.25, 0.3) is 0 Å². The highest BCUT2D eigenvalue weighted by atomic mass is 15.1. The lowest BCUT2D eigenvalue weighted by Crippen LogP contribution is -2.38. The van der Waals surface area contributed by atoms with Crippen LogP contribution in [0.4, 0.5) is 11.5 Å². The molecule has 15 heavy (non-hydrogen) atoms. The molecule has 1 saturated heterocycles. The van der Waals surface area contributed by atoms with E-state index in [0.29, 0.717) is 5.82 Å². The minimum atomic E-state index is 0.594. The molecular formula is C12H19N3. The van der Waals surface area contributed by atoms with Gasteiger partial charge in [-0.05, 0) is 30.4 Å². The number of hydrogen-bond acceptors (Lipinski definition) is 3. The van der Waals surface area contributed by atoms with E-state index in [4.69, 9.17) is 5.73 Å². The standard InChI is InChI=1S/C12H19N3/c1-9-5-10(2)8-15(7-9)11-3-4-12(13)14-6-11/h3-4,6,9-10H,5,7-8H2,1-2H3,(H2,13,14). The number of nitrogen functional groups attached to an aromatic ring is 1. The Hall–Kier alpha value is -1.25. The Bertz CT molecular complexity index is 310. The molecule has 0 saturated carbocycles. The molecule has 82 valence electrons. The molecule has 3 nitrogen and oxygen atoms in total. The van der Waals surface area contributed by atoms with Gasteiger partial charge in [0.1, 0.15) is 5.82 Å². The molecule has 1 aromatic rings. The predicted molar refractivity (Wildman–Crippen MR) is 63.8 cm³/mol. The van der Waals surface area contributed by atoms with Gasteiger partial charge in [0.05, 0.1) is 11.9 Å². The molecule has 0 aliphatic carbocycles. The molecule has 2 unspecified atom stereocenters. The molecule has 3 heteroatoms. The molecule has 1 aliphatic heterocycles. The molecule has 2 rings (SSSR count). The van der Waals surface area contributed by atoms with E-state index in [-0.39, 0.29) is 0 Å². The van der Waals surface area contributed by atoms with Gasteiger partial charge in [-0.15, -0.1) is 0 Å². The van der Waals surface area contributed by atoms with Gasteiger partial charge in [-0.2, -0.15) is 0 Å². The molecule has 0 amide bonds. The van der Waals surface area contributed by atoms with Crippen molar-refractivity contribution in [1.82, 2.24) is 4.98 Å². The highest BCUT2D eigenvalue weighted by Gasteiger charge is 2.21. The van der Waals surface area contributed by atoms with Crippen LogP contribution in [0.5, 0.6) is 0 Å². The second-order valence-corrected chi connectivity index (χ2v) is 4.79. The SMILES string of the molecule is CC1CC(C)CN(c2ccc(N)nc2)C1. The van der Waals surface area contributed by atoms with Crippen molar-refractivity contribution in [2.45, 2.75) is 20.3 Å². The summed E-state index contributed by atoms with van der Waals surface area (Å²) in [5, 5.41) is 0. The molecule has 1 fully saturated rings. The Kier molecular flexibility index (Phi) is 2.80. The summed E-state index contributed by atoms with van der Waals surface area (Å²) in [5.74, 6) is 2.13. The van der Waals surface area contributed by atoms with Gasteiger partial charge in [-0.1, -0.05) is 13.8 Å². The summed E-state index contributed by atoms with van der Waals surface area (Å²) < 4.78 is 0. The van der Waals surface area contributed by atoms with Crippen LogP contribution in [-0.2, 0) is 0 Å². The van der Waals surface area contributed by atoms with E-state index in [1.54, 1.807) is 0 Å². The zero-order chi connectivity index (χ0) is 10.8. The highest BCUT2D eigenvalue weighted by Crippen LogP contribution is 2.25. The van der Waals surface area contributed by atoms with Crippen LogP contribution in [0, 0.1) is 11.8 Å². The van der Waals surface area contributed by atoms with E-state index < -0.39 is 0 Å². The lowest BCUT2D eigenvalue weighted by atomic mass is 9.92. The second kappa shape index (κ2) is 4.09. The number of hydrogen-bond donors (Lipinski definition) is 1. The fourth-order valence-electron chi connectivity index (χ4n) is 2.46. The zero-order valence-electron chi connectivity index (χ0n) is 9.48. The van der Waals surface area contributed by atoms with E-state index in [1.807, 2.05) is 12.3 Å². The number of pyridine rings is 1. The maximum Gasteiger partial charge on any atom is 0.123 e. The summed E-state index contributed by atoms with van der Waals surface area (Å²) in [5.41, 5.74) is 6.78. The molecular weight excluding hydrogens is 186 g/mol. The lowest BCUT2D eigenvalue weighted by Gasteiger charge is -2.36. The van der Waals surface area contributed by atoms with Gasteiger partial charge < -0.3 is 10.6 Å². The predicted octanol–water partition coefficient (Wildman–Crippen LogP) is 2.15.